The Morgan fingerprint density at radius 3 is 2.38 bits per heavy atom. The third-order valence-electron chi connectivity index (χ3n) is 2.22. The SMILES string of the molecule is Nc1ccc2cc(S(=O)(=O)O)c(O)cc2c1. The van der Waals surface area contributed by atoms with Crippen LogP contribution in [0.5, 0.6) is 5.75 Å². The molecule has 0 aliphatic heterocycles. The van der Waals surface area contributed by atoms with E-state index in [4.69, 9.17) is 10.3 Å². The van der Waals surface area contributed by atoms with Gasteiger partial charge in [-0.15, -0.1) is 0 Å². The van der Waals surface area contributed by atoms with Crippen LogP contribution in [0.2, 0.25) is 0 Å². The minimum absolute atomic E-state index is 0.499. The molecule has 0 unspecified atom stereocenters. The van der Waals surface area contributed by atoms with Crippen LogP contribution in [0, 0.1) is 0 Å². The van der Waals surface area contributed by atoms with Crippen molar-refractivity contribution in [2.24, 2.45) is 0 Å². The summed E-state index contributed by atoms with van der Waals surface area (Å²) in [5.41, 5.74) is 6.05. The highest BCUT2D eigenvalue weighted by Gasteiger charge is 2.16. The zero-order valence-corrected chi connectivity index (χ0v) is 8.90. The van der Waals surface area contributed by atoms with Crippen molar-refractivity contribution < 1.29 is 18.1 Å². The quantitative estimate of drug-likeness (QED) is 0.515. The Balaban J connectivity index is 2.83. The van der Waals surface area contributed by atoms with Gasteiger partial charge >= 0.3 is 0 Å². The molecule has 0 atom stereocenters. The highest BCUT2D eigenvalue weighted by atomic mass is 32.2. The van der Waals surface area contributed by atoms with E-state index in [1.807, 2.05) is 0 Å². The van der Waals surface area contributed by atoms with Gasteiger partial charge in [-0.3, -0.25) is 4.55 Å². The van der Waals surface area contributed by atoms with E-state index in [2.05, 4.69) is 0 Å². The van der Waals surface area contributed by atoms with Gasteiger partial charge in [0.15, 0.2) is 0 Å². The minimum atomic E-state index is -4.42. The van der Waals surface area contributed by atoms with Crippen molar-refractivity contribution in [3.8, 4) is 5.75 Å². The first-order chi connectivity index (χ1) is 7.38. The van der Waals surface area contributed by atoms with Crippen LogP contribution in [0.4, 0.5) is 5.69 Å². The van der Waals surface area contributed by atoms with E-state index < -0.39 is 20.8 Å². The van der Waals surface area contributed by atoms with Gasteiger partial charge in [0.05, 0.1) is 0 Å². The molecule has 0 aliphatic carbocycles. The zero-order valence-electron chi connectivity index (χ0n) is 8.08. The van der Waals surface area contributed by atoms with Crippen LogP contribution in [0.1, 0.15) is 0 Å². The molecule has 0 saturated carbocycles. The van der Waals surface area contributed by atoms with Crippen molar-refractivity contribution in [3.05, 3.63) is 30.3 Å². The number of phenolic OH excluding ortho intramolecular Hbond substituents is 1. The van der Waals surface area contributed by atoms with E-state index in [0.717, 1.165) is 0 Å². The fourth-order valence-corrected chi connectivity index (χ4v) is 2.09. The van der Waals surface area contributed by atoms with Crippen LogP contribution in [0.25, 0.3) is 10.8 Å². The molecule has 2 rings (SSSR count). The van der Waals surface area contributed by atoms with Gasteiger partial charge in [-0.25, -0.2) is 0 Å². The van der Waals surface area contributed by atoms with Gasteiger partial charge in [-0.2, -0.15) is 8.42 Å². The number of hydrogen-bond acceptors (Lipinski definition) is 4. The van der Waals surface area contributed by atoms with E-state index in [0.29, 0.717) is 16.5 Å². The Labute approximate surface area is 91.9 Å². The minimum Gasteiger partial charge on any atom is -0.506 e. The Bertz CT molecular complexity index is 664. The molecular weight excluding hydrogens is 230 g/mol. The lowest BCUT2D eigenvalue weighted by Gasteiger charge is -2.04. The molecule has 0 aliphatic rings. The molecule has 2 aromatic carbocycles. The van der Waals surface area contributed by atoms with Crippen LogP contribution in [-0.4, -0.2) is 18.1 Å². The normalized spacial score (nSPS) is 11.8. The van der Waals surface area contributed by atoms with E-state index in [1.165, 1.54) is 12.1 Å². The highest BCUT2D eigenvalue weighted by molar-refractivity contribution is 7.86. The summed E-state index contributed by atoms with van der Waals surface area (Å²) in [5.74, 6) is -0.499. The maximum Gasteiger partial charge on any atom is 0.298 e. The van der Waals surface area contributed by atoms with E-state index in [1.54, 1.807) is 18.2 Å². The summed E-state index contributed by atoms with van der Waals surface area (Å²) < 4.78 is 30.7. The van der Waals surface area contributed by atoms with Crippen molar-refractivity contribution >= 4 is 26.6 Å². The molecule has 84 valence electrons. The summed E-state index contributed by atoms with van der Waals surface area (Å²) in [6.45, 7) is 0. The molecule has 16 heavy (non-hydrogen) atoms. The number of anilines is 1. The predicted octanol–water partition coefficient (Wildman–Crippen LogP) is 1.37. The van der Waals surface area contributed by atoms with Gasteiger partial charge in [-0.1, -0.05) is 6.07 Å². The molecule has 0 amide bonds. The molecule has 0 heterocycles. The smallest absolute Gasteiger partial charge is 0.298 e. The molecule has 6 heteroatoms. The Hall–Kier alpha value is -1.79. The van der Waals surface area contributed by atoms with Crippen molar-refractivity contribution in [2.45, 2.75) is 4.90 Å². The van der Waals surface area contributed by atoms with Gasteiger partial charge in [0.1, 0.15) is 10.6 Å². The molecule has 0 bridgehead atoms. The van der Waals surface area contributed by atoms with Crippen molar-refractivity contribution in [3.63, 3.8) is 0 Å². The number of nitrogen functional groups attached to an aromatic ring is 1. The monoisotopic (exact) mass is 239 g/mol. The Morgan fingerprint density at radius 2 is 1.75 bits per heavy atom. The predicted molar refractivity (Wildman–Crippen MR) is 59.8 cm³/mol. The molecule has 0 saturated heterocycles. The standard InChI is InChI=1S/C10H9NO4S/c11-8-2-1-6-5-10(16(13,14)15)9(12)4-7(6)3-8/h1-5,12H,11H2,(H,13,14,15). The third-order valence-corrected chi connectivity index (χ3v) is 3.10. The van der Waals surface area contributed by atoms with Gasteiger partial charge < -0.3 is 10.8 Å². The van der Waals surface area contributed by atoms with Gasteiger partial charge in [-0.05, 0) is 35.0 Å². The zero-order chi connectivity index (χ0) is 11.9. The number of hydrogen-bond donors (Lipinski definition) is 3. The molecule has 0 radical (unpaired) electrons. The molecular formula is C10H9NO4S. The Kier molecular flexibility index (Phi) is 2.25. The van der Waals surface area contributed by atoms with E-state index >= 15 is 0 Å². The second-order valence-corrected chi connectivity index (χ2v) is 4.79. The molecule has 2 aromatic rings. The fraction of sp³-hybridized carbons (Fsp3) is 0. The van der Waals surface area contributed by atoms with Gasteiger partial charge in [0.25, 0.3) is 10.1 Å². The van der Waals surface area contributed by atoms with Gasteiger partial charge in [0.2, 0.25) is 0 Å². The molecule has 0 aromatic heterocycles. The van der Waals surface area contributed by atoms with Gasteiger partial charge in [0, 0.05) is 5.69 Å². The number of fused-ring (bicyclic) bond motifs is 1. The van der Waals surface area contributed by atoms with Crippen LogP contribution in [0.3, 0.4) is 0 Å². The van der Waals surface area contributed by atoms with Crippen LogP contribution < -0.4 is 5.73 Å². The average Bonchev–Trinajstić information content (AvgIpc) is 2.14. The first-order valence-corrected chi connectivity index (χ1v) is 5.82. The average molecular weight is 239 g/mol. The Morgan fingerprint density at radius 1 is 1.06 bits per heavy atom. The van der Waals surface area contributed by atoms with E-state index in [-0.39, 0.29) is 0 Å². The third kappa shape index (κ3) is 1.80. The second-order valence-electron chi connectivity index (χ2n) is 3.40. The summed E-state index contributed by atoms with van der Waals surface area (Å²) in [7, 11) is -4.42. The number of nitrogens with two attached hydrogens (primary N) is 1. The fourth-order valence-electron chi connectivity index (χ4n) is 1.49. The van der Waals surface area contributed by atoms with Crippen molar-refractivity contribution in [2.75, 3.05) is 5.73 Å². The molecule has 5 nitrogen and oxygen atoms in total. The number of phenols is 1. The largest absolute Gasteiger partial charge is 0.506 e. The summed E-state index contributed by atoms with van der Waals surface area (Å²) in [4.78, 5) is -0.509. The topological polar surface area (TPSA) is 101 Å². The van der Waals surface area contributed by atoms with Crippen LogP contribution in [0.15, 0.2) is 35.2 Å². The summed E-state index contributed by atoms with van der Waals surface area (Å²) in [5, 5.41) is 10.6. The molecule has 0 spiro atoms. The number of rotatable bonds is 1. The maximum atomic E-state index is 10.9. The first kappa shape index (κ1) is 10.7. The first-order valence-electron chi connectivity index (χ1n) is 4.38. The van der Waals surface area contributed by atoms with E-state index in [9.17, 15) is 13.5 Å². The summed E-state index contributed by atoms with van der Waals surface area (Å²) in [6.07, 6.45) is 0. The van der Waals surface area contributed by atoms with Crippen LogP contribution >= 0.6 is 0 Å². The summed E-state index contributed by atoms with van der Waals surface area (Å²) >= 11 is 0. The lowest BCUT2D eigenvalue weighted by atomic mass is 10.1. The van der Waals surface area contributed by atoms with Crippen molar-refractivity contribution in [1.82, 2.24) is 0 Å². The molecule has 4 N–H and O–H groups in total. The maximum absolute atomic E-state index is 10.9. The lowest BCUT2D eigenvalue weighted by molar-refractivity contribution is 0.444. The lowest BCUT2D eigenvalue weighted by Crippen LogP contribution is -1.98. The molecule has 0 fully saturated rings. The number of aromatic hydroxyl groups is 1. The van der Waals surface area contributed by atoms with Crippen molar-refractivity contribution in [1.29, 1.82) is 0 Å². The number of benzene rings is 2. The highest BCUT2D eigenvalue weighted by Crippen LogP contribution is 2.29. The summed E-state index contributed by atoms with van der Waals surface area (Å²) in [6, 6.07) is 7.25. The van der Waals surface area contributed by atoms with Crippen LogP contribution in [-0.2, 0) is 10.1 Å². The second kappa shape index (κ2) is 3.36.